The second-order valence-electron chi connectivity index (χ2n) is 3.52. The molecular weight excluding hydrogens is 243 g/mol. The van der Waals surface area contributed by atoms with Crippen molar-refractivity contribution in [2.45, 2.75) is 24.0 Å². The van der Waals surface area contributed by atoms with Crippen molar-refractivity contribution in [3.63, 3.8) is 0 Å². The lowest BCUT2D eigenvalue weighted by molar-refractivity contribution is -0.120. The third kappa shape index (κ3) is 3.26. The summed E-state index contributed by atoms with van der Waals surface area (Å²) in [6.45, 7) is 3.79. The van der Waals surface area contributed by atoms with E-state index in [2.05, 4.69) is 5.32 Å². The van der Waals surface area contributed by atoms with Gasteiger partial charge in [0.2, 0.25) is 5.91 Å². The molecule has 1 rings (SSSR count). The lowest BCUT2D eigenvalue weighted by Crippen LogP contribution is -2.35. The van der Waals surface area contributed by atoms with Crippen LogP contribution in [0.2, 0.25) is 0 Å². The van der Waals surface area contributed by atoms with Gasteiger partial charge >= 0.3 is 0 Å². The molecule has 0 aliphatic carbocycles. The zero-order chi connectivity index (χ0) is 13.0. The molecule has 0 bridgehead atoms. The molecule has 1 amide bonds. The fraction of sp³-hybridized carbons (Fsp3) is 0.364. The number of halogens is 1. The van der Waals surface area contributed by atoms with Gasteiger partial charge in [-0.2, -0.15) is 0 Å². The van der Waals surface area contributed by atoms with E-state index in [0.717, 1.165) is 6.07 Å². The SMILES string of the molecule is CCNC(=O)C(C)S(=O)c1ccc(F)cc1N. The molecule has 2 unspecified atom stereocenters. The summed E-state index contributed by atoms with van der Waals surface area (Å²) >= 11 is 0. The van der Waals surface area contributed by atoms with Crippen molar-refractivity contribution in [2.75, 3.05) is 12.3 Å². The molecule has 0 fully saturated rings. The highest BCUT2D eigenvalue weighted by atomic mass is 32.2. The van der Waals surface area contributed by atoms with E-state index in [4.69, 9.17) is 5.73 Å². The van der Waals surface area contributed by atoms with E-state index >= 15 is 0 Å². The van der Waals surface area contributed by atoms with Gasteiger partial charge < -0.3 is 11.1 Å². The van der Waals surface area contributed by atoms with Crippen LogP contribution in [-0.2, 0) is 15.6 Å². The van der Waals surface area contributed by atoms with Crippen LogP contribution in [0.15, 0.2) is 23.1 Å². The highest BCUT2D eigenvalue weighted by Gasteiger charge is 2.22. The Hall–Kier alpha value is -1.43. The number of carbonyl (C=O) groups is 1. The maximum atomic E-state index is 12.8. The van der Waals surface area contributed by atoms with E-state index in [-0.39, 0.29) is 16.5 Å². The van der Waals surface area contributed by atoms with Gasteiger partial charge in [0.25, 0.3) is 0 Å². The van der Waals surface area contributed by atoms with E-state index in [1.54, 1.807) is 13.8 Å². The number of benzene rings is 1. The summed E-state index contributed by atoms with van der Waals surface area (Å²) in [4.78, 5) is 11.8. The smallest absolute Gasteiger partial charge is 0.235 e. The summed E-state index contributed by atoms with van der Waals surface area (Å²) in [6, 6.07) is 3.61. The van der Waals surface area contributed by atoms with Crippen LogP contribution in [0.5, 0.6) is 0 Å². The number of rotatable bonds is 4. The summed E-state index contributed by atoms with van der Waals surface area (Å²) in [6.07, 6.45) is 0. The summed E-state index contributed by atoms with van der Waals surface area (Å²) in [5.41, 5.74) is 5.67. The van der Waals surface area contributed by atoms with Crippen LogP contribution in [-0.4, -0.2) is 21.9 Å². The van der Waals surface area contributed by atoms with Gasteiger partial charge in [0.1, 0.15) is 11.1 Å². The molecule has 0 radical (unpaired) electrons. The largest absolute Gasteiger partial charge is 0.398 e. The van der Waals surface area contributed by atoms with Crippen molar-refractivity contribution in [1.29, 1.82) is 0 Å². The Bertz CT molecular complexity index is 451. The number of carbonyl (C=O) groups excluding carboxylic acids is 1. The van der Waals surface area contributed by atoms with Crippen molar-refractivity contribution >= 4 is 22.4 Å². The fourth-order valence-electron chi connectivity index (χ4n) is 1.31. The molecule has 0 aromatic heterocycles. The van der Waals surface area contributed by atoms with Crippen LogP contribution in [0.25, 0.3) is 0 Å². The maximum absolute atomic E-state index is 12.8. The zero-order valence-electron chi connectivity index (χ0n) is 9.70. The Balaban J connectivity index is 2.92. The monoisotopic (exact) mass is 258 g/mol. The summed E-state index contributed by atoms with van der Waals surface area (Å²) in [5, 5.41) is 1.86. The number of amides is 1. The van der Waals surface area contributed by atoms with Crippen LogP contribution in [0.4, 0.5) is 10.1 Å². The second kappa shape index (κ2) is 5.77. The predicted molar refractivity (Wildman–Crippen MR) is 65.4 cm³/mol. The van der Waals surface area contributed by atoms with Gasteiger partial charge in [-0.15, -0.1) is 0 Å². The minimum absolute atomic E-state index is 0.0967. The third-order valence-electron chi connectivity index (χ3n) is 2.23. The van der Waals surface area contributed by atoms with E-state index in [9.17, 15) is 13.4 Å². The van der Waals surface area contributed by atoms with Gasteiger partial charge in [-0.1, -0.05) is 0 Å². The van der Waals surface area contributed by atoms with Gasteiger partial charge in [-0.25, -0.2) is 4.39 Å². The first-order valence-corrected chi connectivity index (χ1v) is 6.42. The van der Waals surface area contributed by atoms with Crippen molar-refractivity contribution in [3.8, 4) is 0 Å². The second-order valence-corrected chi connectivity index (χ2v) is 5.26. The number of nitrogens with one attached hydrogen (secondary N) is 1. The van der Waals surface area contributed by atoms with Crippen LogP contribution in [0.3, 0.4) is 0 Å². The number of anilines is 1. The molecule has 0 aliphatic heterocycles. The first kappa shape index (κ1) is 13.6. The Kier molecular flexibility index (Phi) is 4.62. The molecule has 0 saturated heterocycles. The van der Waals surface area contributed by atoms with Crippen molar-refractivity contribution in [3.05, 3.63) is 24.0 Å². The van der Waals surface area contributed by atoms with Crippen LogP contribution >= 0.6 is 0 Å². The molecule has 2 atom stereocenters. The maximum Gasteiger partial charge on any atom is 0.235 e. The number of nitrogen functional groups attached to an aromatic ring is 1. The Morgan fingerprint density at radius 1 is 1.59 bits per heavy atom. The van der Waals surface area contributed by atoms with E-state index in [1.165, 1.54) is 12.1 Å². The predicted octanol–water partition coefficient (Wildman–Crippen LogP) is 1.04. The Morgan fingerprint density at radius 3 is 2.76 bits per heavy atom. The molecule has 1 aromatic rings. The summed E-state index contributed by atoms with van der Waals surface area (Å²) in [7, 11) is -1.58. The standard InChI is InChI=1S/C11H15FN2O2S/c1-3-14-11(15)7(2)17(16)10-5-4-8(12)6-9(10)13/h4-7H,3,13H2,1-2H3,(H,14,15). The van der Waals surface area contributed by atoms with Gasteiger partial charge in [0.05, 0.1) is 21.4 Å². The quantitative estimate of drug-likeness (QED) is 0.793. The van der Waals surface area contributed by atoms with Gasteiger partial charge in [-0.05, 0) is 32.0 Å². The van der Waals surface area contributed by atoms with E-state index in [0.29, 0.717) is 6.54 Å². The van der Waals surface area contributed by atoms with Crippen LogP contribution in [0.1, 0.15) is 13.8 Å². The van der Waals surface area contributed by atoms with Crippen LogP contribution < -0.4 is 11.1 Å². The van der Waals surface area contributed by atoms with E-state index in [1.807, 2.05) is 0 Å². The molecule has 1 aromatic carbocycles. The summed E-state index contributed by atoms with van der Waals surface area (Å²) in [5.74, 6) is -0.802. The average molecular weight is 258 g/mol. The molecular formula is C11H15FN2O2S. The molecule has 0 spiro atoms. The minimum atomic E-state index is -1.58. The highest BCUT2D eigenvalue weighted by Crippen LogP contribution is 2.20. The molecule has 0 heterocycles. The highest BCUT2D eigenvalue weighted by molar-refractivity contribution is 7.86. The molecule has 6 heteroatoms. The van der Waals surface area contributed by atoms with Crippen molar-refractivity contribution in [1.82, 2.24) is 5.32 Å². The van der Waals surface area contributed by atoms with Crippen molar-refractivity contribution in [2.24, 2.45) is 0 Å². The molecule has 0 aliphatic rings. The Morgan fingerprint density at radius 2 is 2.24 bits per heavy atom. The first-order valence-electron chi connectivity index (χ1n) is 5.20. The zero-order valence-corrected chi connectivity index (χ0v) is 10.5. The number of nitrogens with two attached hydrogens (primary N) is 1. The molecule has 17 heavy (non-hydrogen) atoms. The van der Waals surface area contributed by atoms with Gasteiger partial charge in [0.15, 0.2) is 0 Å². The van der Waals surface area contributed by atoms with Gasteiger partial charge in [0, 0.05) is 6.54 Å². The lowest BCUT2D eigenvalue weighted by atomic mass is 10.3. The molecule has 0 saturated carbocycles. The minimum Gasteiger partial charge on any atom is -0.398 e. The fourth-order valence-corrected chi connectivity index (χ4v) is 2.46. The normalized spacial score (nSPS) is 14.1. The molecule has 94 valence electrons. The van der Waals surface area contributed by atoms with Crippen LogP contribution in [0, 0.1) is 5.82 Å². The number of hydrogen-bond acceptors (Lipinski definition) is 3. The third-order valence-corrected chi connectivity index (χ3v) is 3.89. The summed E-state index contributed by atoms with van der Waals surface area (Å²) < 4.78 is 24.9. The average Bonchev–Trinajstić information content (AvgIpc) is 2.27. The first-order chi connectivity index (χ1) is 7.97. The molecule has 3 N–H and O–H groups in total. The van der Waals surface area contributed by atoms with E-state index < -0.39 is 21.9 Å². The molecule has 4 nitrogen and oxygen atoms in total. The Labute approximate surface area is 102 Å². The number of hydrogen-bond donors (Lipinski definition) is 2. The van der Waals surface area contributed by atoms with Gasteiger partial charge in [-0.3, -0.25) is 9.00 Å². The lowest BCUT2D eigenvalue weighted by Gasteiger charge is -2.12. The topological polar surface area (TPSA) is 72.2 Å². The van der Waals surface area contributed by atoms with Crippen molar-refractivity contribution < 1.29 is 13.4 Å².